The number of aromatic nitrogens is 1. The predicted molar refractivity (Wildman–Crippen MR) is 107 cm³/mol. The number of pyridine rings is 1. The zero-order valence-corrected chi connectivity index (χ0v) is 15.8. The van der Waals surface area contributed by atoms with Crippen LogP contribution in [-0.2, 0) is 12.3 Å². The van der Waals surface area contributed by atoms with Crippen molar-refractivity contribution in [3.05, 3.63) is 70.1 Å². The van der Waals surface area contributed by atoms with Crippen molar-refractivity contribution in [2.24, 2.45) is 5.92 Å². The fourth-order valence-corrected chi connectivity index (χ4v) is 5.31. The lowest BCUT2D eigenvalue weighted by molar-refractivity contribution is 0.0717. The minimum Gasteiger partial charge on any atom is -0.391 e. The highest BCUT2D eigenvalue weighted by Gasteiger charge is 2.34. The molecule has 138 valence electrons. The highest BCUT2D eigenvalue weighted by Crippen LogP contribution is 2.34. The summed E-state index contributed by atoms with van der Waals surface area (Å²) >= 11 is 1.79. The maximum atomic E-state index is 12.1. The number of nitrogens with zero attached hydrogens (tertiary/aromatic N) is 2. The smallest absolute Gasteiger partial charge is 0.250 e. The first-order valence-corrected chi connectivity index (χ1v) is 10.6. The van der Waals surface area contributed by atoms with E-state index in [0.29, 0.717) is 11.8 Å². The van der Waals surface area contributed by atoms with Crippen molar-refractivity contribution < 1.29 is 5.11 Å². The van der Waals surface area contributed by atoms with E-state index in [-0.39, 0.29) is 11.7 Å². The van der Waals surface area contributed by atoms with Gasteiger partial charge in [-0.05, 0) is 24.0 Å². The fraction of sp³-hybridized carbons (Fsp3) is 0.476. The van der Waals surface area contributed by atoms with Crippen molar-refractivity contribution in [2.75, 3.05) is 25.4 Å². The molecule has 0 aliphatic carbocycles. The molecule has 2 aliphatic heterocycles. The molecule has 1 saturated heterocycles. The zero-order chi connectivity index (χ0) is 17.9. The second-order valence-electron chi connectivity index (χ2n) is 7.57. The van der Waals surface area contributed by atoms with Crippen LogP contribution in [0, 0.1) is 5.92 Å². The van der Waals surface area contributed by atoms with Gasteiger partial charge in [-0.25, -0.2) is 0 Å². The first-order chi connectivity index (χ1) is 12.7. The molecule has 0 unspecified atom stereocenters. The van der Waals surface area contributed by atoms with Gasteiger partial charge in [-0.3, -0.25) is 9.69 Å². The molecule has 0 spiro atoms. The number of hydrogen-bond donors (Lipinski definition) is 1. The molecule has 5 heteroatoms. The number of likely N-dealkylation sites (tertiary alicyclic amines) is 1. The monoisotopic (exact) mass is 370 g/mol. The Bertz CT molecular complexity index is 792. The third-order valence-electron chi connectivity index (χ3n) is 5.45. The van der Waals surface area contributed by atoms with Crippen LogP contribution in [0.4, 0.5) is 0 Å². The summed E-state index contributed by atoms with van der Waals surface area (Å²) in [6.07, 6.45) is 0.860. The van der Waals surface area contributed by atoms with E-state index >= 15 is 0 Å². The number of piperidine rings is 1. The molecule has 2 aliphatic rings. The third-order valence-corrected chi connectivity index (χ3v) is 6.60. The summed E-state index contributed by atoms with van der Waals surface area (Å²) in [5.41, 5.74) is 2.61. The molecule has 1 N–H and O–H groups in total. The van der Waals surface area contributed by atoms with Crippen LogP contribution in [0.2, 0.25) is 0 Å². The standard InChI is InChI=1S/C21H26N2O2S/c24-19(15-26-14-16-5-2-1-3-6-16)13-22-10-17-9-18(12-22)20-7-4-8-21(25)23(20)11-17/h1-8,17-19,24H,9-15H2/t17-,18+,19+/m0/s1. The van der Waals surface area contributed by atoms with Crippen LogP contribution in [0.3, 0.4) is 0 Å². The molecule has 2 bridgehead atoms. The van der Waals surface area contributed by atoms with E-state index in [4.69, 9.17) is 0 Å². The molecule has 4 rings (SSSR count). The van der Waals surface area contributed by atoms with Gasteiger partial charge in [-0.2, -0.15) is 11.8 Å². The van der Waals surface area contributed by atoms with Gasteiger partial charge in [0.25, 0.3) is 5.56 Å². The number of aliphatic hydroxyl groups is 1. The molecule has 4 nitrogen and oxygen atoms in total. The van der Waals surface area contributed by atoms with Crippen LogP contribution in [0.15, 0.2) is 53.3 Å². The van der Waals surface area contributed by atoms with Gasteiger partial charge in [0, 0.05) is 55.4 Å². The van der Waals surface area contributed by atoms with Crippen LogP contribution >= 0.6 is 11.8 Å². The molecule has 0 saturated carbocycles. The molecule has 0 amide bonds. The third kappa shape index (κ3) is 4.05. The highest BCUT2D eigenvalue weighted by atomic mass is 32.2. The van der Waals surface area contributed by atoms with Gasteiger partial charge in [0.1, 0.15) is 0 Å². The molecule has 1 aromatic heterocycles. The topological polar surface area (TPSA) is 45.5 Å². The Hall–Kier alpha value is -1.56. The lowest BCUT2D eigenvalue weighted by atomic mass is 9.83. The molecule has 0 radical (unpaired) electrons. The zero-order valence-electron chi connectivity index (χ0n) is 15.0. The maximum Gasteiger partial charge on any atom is 0.250 e. The quantitative estimate of drug-likeness (QED) is 0.849. The van der Waals surface area contributed by atoms with Gasteiger partial charge in [-0.1, -0.05) is 36.4 Å². The van der Waals surface area contributed by atoms with Gasteiger partial charge < -0.3 is 9.67 Å². The molecule has 26 heavy (non-hydrogen) atoms. The Morgan fingerprint density at radius 3 is 2.77 bits per heavy atom. The van der Waals surface area contributed by atoms with Gasteiger partial charge in [0.15, 0.2) is 0 Å². The fourth-order valence-electron chi connectivity index (χ4n) is 4.38. The van der Waals surface area contributed by atoms with E-state index in [0.717, 1.165) is 37.7 Å². The number of benzene rings is 1. The van der Waals surface area contributed by atoms with Crippen molar-refractivity contribution in [1.82, 2.24) is 9.47 Å². The van der Waals surface area contributed by atoms with Crippen molar-refractivity contribution in [3.8, 4) is 0 Å². The van der Waals surface area contributed by atoms with Gasteiger partial charge in [0.2, 0.25) is 0 Å². The van der Waals surface area contributed by atoms with Crippen molar-refractivity contribution in [3.63, 3.8) is 0 Å². The van der Waals surface area contributed by atoms with Crippen LogP contribution in [0.1, 0.15) is 23.6 Å². The summed E-state index contributed by atoms with van der Waals surface area (Å²) in [5, 5.41) is 10.5. The van der Waals surface area contributed by atoms with E-state index in [1.165, 1.54) is 17.7 Å². The van der Waals surface area contributed by atoms with Crippen molar-refractivity contribution >= 4 is 11.8 Å². The summed E-state index contributed by atoms with van der Waals surface area (Å²) in [6.45, 7) is 3.48. The number of hydrogen-bond acceptors (Lipinski definition) is 4. The second-order valence-corrected chi connectivity index (χ2v) is 8.60. The number of β-amino-alcohol motifs (C(OH)–C–C–N with tert-alkyl or cyclic N) is 1. The molecule has 3 heterocycles. The summed E-state index contributed by atoms with van der Waals surface area (Å²) in [4.78, 5) is 14.5. The maximum absolute atomic E-state index is 12.1. The Balaban J connectivity index is 1.30. The van der Waals surface area contributed by atoms with Crippen LogP contribution < -0.4 is 5.56 Å². The number of aliphatic hydroxyl groups excluding tert-OH is 1. The lowest BCUT2D eigenvalue weighted by Crippen LogP contribution is -2.49. The largest absolute Gasteiger partial charge is 0.391 e. The van der Waals surface area contributed by atoms with E-state index in [2.05, 4.69) is 35.2 Å². The lowest BCUT2D eigenvalue weighted by Gasteiger charge is -2.43. The Labute approximate surface area is 158 Å². The molecule has 1 aromatic carbocycles. The minimum absolute atomic E-state index is 0.128. The highest BCUT2D eigenvalue weighted by molar-refractivity contribution is 7.98. The summed E-state index contributed by atoms with van der Waals surface area (Å²) in [7, 11) is 0. The number of fused-ring (bicyclic) bond motifs is 4. The first-order valence-electron chi connectivity index (χ1n) is 9.41. The molecule has 1 fully saturated rings. The number of rotatable bonds is 6. The van der Waals surface area contributed by atoms with E-state index in [9.17, 15) is 9.90 Å². The van der Waals surface area contributed by atoms with Crippen molar-refractivity contribution in [2.45, 2.75) is 30.7 Å². The Kier molecular flexibility index (Phi) is 5.48. The van der Waals surface area contributed by atoms with E-state index in [1.54, 1.807) is 17.8 Å². The average molecular weight is 371 g/mol. The summed E-state index contributed by atoms with van der Waals surface area (Å²) in [6, 6.07) is 16.0. The normalized spacial score (nSPS) is 23.4. The SMILES string of the molecule is O=c1cccc2n1C[C@H]1C[C@@H]2CN(C[C@@H](O)CSCc2ccccc2)C1. The van der Waals surface area contributed by atoms with Crippen LogP contribution in [-0.4, -0.2) is 46.1 Å². The van der Waals surface area contributed by atoms with Gasteiger partial charge >= 0.3 is 0 Å². The summed E-state index contributed by atoms with van der Waals surface area (Å²) < 4.78 is 1.96. The van der Waals surface area contributed by atoms with Crippen LogP contribution in [0.5, 0.6) is 0 Å². The van der Waals surface area contributed by atoms with E-state index < -0.39 is 0 Å². The summed E-state index contributed by atoms with van der Waals surface area (Å²) in [5.74, 6) is 2.64. The minimum atomic E-state index is -0.305. The molecule has 3 atom stereocenters. The molecular formula is C21H26N2O2S. The molecule has 2 aromatic rings. The Morgan fingerprint density at radius 1 is 1.08 bits per heavy atom. The van der Waals surface area contributed by atoms with Gasteiger partial charge in [-0.15, -0.1) is 0 Å². The van der Waals surface area contributed by atoms with Gasteiger partial charge in [0.05, 0.1) is 6.10 Å². The average Bonchev–Trinajstić information content (AvgIpc) is 2.63. The van der Waals surface area contributed by atoms with E-state index in [1.807, 2.05) is 16.7 Å². The van der Waals surface area contributed by atoms with Crippen LogP contribution in [0.25, 0.3) is 0 Å². The predicted octanol–water partition coefficient (Wildman–Crippen LogP) is 2.56. The molecular weight excluding hydrogens is 344 g/mol. The Morgan fingerprint density at radius 2 is 1.92 bits per heavy atom. The number of thioether (sulfide) groups is 1. The second kappa shape index (κ2) is 7.99. The van der Waals surface area contributed by atoms with Crippen molar-refractivity contribution in [1.29, 1.82) is 0 Å². The first kappa shape index (κ1) is 17.8.